The first-order valence-electron chi connectivity index (χ1n) is 8.14. The normalized spacial score (nSPS) is 26.1. The van der Waals surface area contributed by atoms with Crippen LogP contribution in [-0.2, 0) is 9.47 Å². The summed E-state index contributed by atoms with van der Waals surface area (Å²) in [5.74, 6) is -0.266. The number of hydrogen-bond donors (Lipinski definition) is 1. The van der Waals surface area contributed by atoms with Gasteiger partial charge in [0.25, 0.3) is 0 Å². The molecule has 1 saturated heterocycles. The number of aryl methyl sites for hydroxylation is 1. The largest absolute Gasteiger partial charge is 0.347 e. The molecule has 0 radical (unpaired) electrons. The smallest absolute Gasteiger partial charge is 0.168 e. The number of aromatic nitrogens is 1. The second-order valence-electron chi connectivity index (χ2n) is 6.38. The quantitative estimate of drug-likeness (QED) is 0.925. The van der Waals surface area contributed by atoms with E-state index in [1.807, 2.05) is 12.4 Å². The van der Waals surface area contributed by atoms with Crippen LogP contribution in [0.1, 0.15) is 56.2 Å². The number of nitrogens with zero attached hydrogens (tertiary/aromatic N) is 1. The highest BCUT2D eigenvalue weighted by Crippen LogP contribution is 2.37. The van der Waals surface area contributed by atoms with Gasteiger partial charge >= 0.3 is 0 Å². The van der Waals surface area contributed by atoms with Gasteiger partial charge in [-0.25, -0.2) is 0 Å². The lowest BCUT2D eigenvalue weighted by atomic mass is 9.94. The fourth-order valence-electron chi connectivity index (χ4n) is 3.42. The first kappa shape index (κ1) is 14.9. The summed E-state index contributed by atoms with van der Waals surface area (Å²) in [5, 5.41) is 3.56. The molecule has 116 valence electrons. The Morgan fingerprint density at radius 3 is 2.95 bits per heavy atom. The third kappa shape index (κ3) is 3.44. The molecule has 4 heteroatoms. The molecule has 4 nitrogen and oxygen atoms in total. The lowest BCUT2D eigenvalue weighted by Crippen LogP contribution is -2.36. The Hall–Kier alpha value is -0.970. The zero-order valence-corrected chi connectivity index (χ0v) is 13.1. The molecule has 2 heterocycles. The van der Waals surface area contributed by atoms with Gasteiger partial charge in [-0.15, -0.1) is 0 Å². The SMILES string of the molecule is Cc1ccncc1C(C)NCC1COC2(CCCCC2)O1. The van der Waals surface area contributed by atoms with Gasteiger partial charge in [0, 0.05) is 37.8 Å². The molecule has 2 aliphatic rings. The van der Waals surface area contributed by atoms with Crippen LogP contribution in [-0.4, -0.2) is 30.0 Å². The van der Waals surface area contributed by atoms with E-state index in [0.29, 0.717) is 6.61 Å². The van der Waals surface area contributed by atoms with Gasteiger partial charge in [0.05, 0.1) is 12.7 Å². The second kappa shape index (κ2) is 6.42. The van der Waals surface area contributed by atoms with Crippen molar-refractivity contribution in [1.29, 1.82) is 0 Å². The molecule has 2 fully saturated rings. The predicted molar refractivity (Wildman–Crippen MR) is 82.0 cm³/mol. The van der Waals surface area contributed by atoms with E-state index in [1.165, 1.54) is 30.4 Å². The number of nitrogens with one attached hydrogen (secondary N) is 1. The molecule has 0 aromatic carbocycles. The van der Waals surface area contributed by atoms with Gasteiger partial charge in [0.1, 0.15) is 0 Å². The minimum atomic E-state index is -0.266. The summed E-state index contributed by atoms with van der Waals surface area (Å²) in [5.41, 5.74) is 2.53. The van der Waals surface area contributed by atoms with Crippen molar-refractivity contribution in [2.75, 3.05) is 13.2 Å². The van der Waals surface area contributed by atoms with Crippen molar-refractivity contribution in [2.45, 2.75) is 63.9 Å². The Bertz CT molecular complexity index is 472. The third-order valence-corrected chi connectivity index (χ3v) is 4.73. The molecule has 1 spiro atoms. The molecule has 1 saturated carbocycles. The lowest BCUT2D eigenvalue weighted by Gasteiger charge is -2.31. The van der Waals surface area contributed by atoms with Crippen molar-refractivity contribution in [3.63, 3.8) is 0 Å². The maximum absolute atomic E-state index is 6.21. The molecule has 1 aromatic heterocycles. The van der Waals surface area contributed by atoms with E-state index >= 15 is 0 Å². The monoisotopic (exact) mass is 290 g/mol. The van der Waals surface area contributed by atoms with Crippen molar-refractivity contribution in [2.24, 2.45) is 0 Å². The van der Waals surface area contributed by atoms with Crippen LogP contribution >= 0.6 is 0 Å². The molecule has 1 aromatic rings. The molecule has 21 heavy (non-hydrogen) atoms. The van der Waals surface area contributed by atoms with Gasteiger partial charge in [-0.1, -0.05) is 6.42 Å². The van der Waals surface area contributed by atoms with Gasteiger partial charge in [-0.3, -0.25) is 4.98 Å². The topological polar surface area (TPSA) is 43.4 Å². The molecular weight excluding hydrogens is 264 g/mol. The Labute approximate surface area is 127 Å². The van der Waals surface area contributed by atoms with Crippen molar-refractivity contribution < 1.29 is 9.47 Å². The van der Waals surface area contributed by atoms with Gasteiger partial charge in [-0.05, 0) is 43.9 Å². The number of pyridine rings is 1. The molecule has 1 aliphatic carbocycles. The molecular formula is C17H26N2O2. The molecule has 0 bridgehead atoms. The van der Waals surface area contributed by atoms with E-state index in [-0.39, 0.29) is 17.9 Å². The van der Waals surface area contributed by atoms with Crippen molar-refractivity contribution >= 4 is 0 Å². The van der Waals surface area contributed by atoms with Gasteiger partial charge in [0.15, 0.2) is 5.79 Å². The van der Waals surface area contributed by atoms with E-state index in [0.717, 1.165) is 19.4 Å². The highest BCUT2D eigenvalue weighted by Gasteiger charge is 2.42. The summed E-state index contributed by atoms with van der Waals surface area (Å²) in [7, 11) is 0. The van der Waals surface area contributed by atoms with Crippen LogP contribution < -0.4 is 5.32 Å². The fraction of sp³-hybridized carbons (Fsp3) is 0.706. The Kier molecular flexibility index (Phi) is 4.57. The van der Waals surface area contributed by atoms with Crippen LogP contribution in [0.15, 0.2) is 18.5 Å². The maximum Gasteiger partial charge on any atom is 0.168 e. The molecule has 2 atom stereocenters. The van der Waals surface area contributed by atoms with Gasteiger partial charge in [-0.2, -0.15) is 0 Å². The minimum Gasteiger partial charge on any atom is -0.347 e. The standard InChI is InChI=1S/C17H26N2O2/c1-13-6-9-18-11-16(13)14(2)19-10-15-12-20-17(21-15)7-4-3-5-8-17/h6,9,11,14-15,19H,3-5,7-8,10,12H2,1-2H3. The van der Waals surface area contributed by atoms with Crippen LogP contribution in [0.25, 0.3) is 0 Å². The van der Waals surface area contributed by atoms with E-state index < -0.39 is 0 Å². The van der Waals surface area contributed by atoms with E-state index in [4.69, 9.17) is 9.47 Å². The minimum absolute atomic E-state index is 0.169. The highest BCUT2D eigenvalue weighted by atomic mass is 16.7. The van der Waals surface area contributed by atoms with Crippen LogP contribution in [0.2, 0.25) is 0 Å². The van der Waals surface area contributed by atoms with Crippen LogP contribution in [0, 0.1) is 6.92 Å². The third-order valence-electron chi connectivity index (χ3n) is 4.73. The van der Waals surface area contributed by atoms with E-state index in [9.17, 15) is 0 Å². The molecule has 1 aliphatic heterocycles. The first-order valence-corrected chi connectivity index (χ1v) is 8.14. The lowest BCUT2D eigenvalue weighted by molar-refractivity contribution is -0.186. The van der Waals surface area contributed by atoms with E-state index in [2.05, 4.69) is 30.2 Å². The Balaban J connectivity index is 1.51. The maximum atomic E-state index is 6.21. The summed E-state index contributed by atoms with van der Waals surface area (Å²) in [6.07, 6.45) is 9.84. The zero-order chi connectivity index (χ0) is 14.7. The number of ether oxygens (including phenoxy) is 2. The number of rotatable bonds is 4. The van der Waals surface area contributed by atoms with Gasteiger partial charge < -0.3 is 14.8 Å². The highest BCUT2D eigenvalue weighted by molar-refractivity contribution is 5.24. The van der Waals surface area contributed by atoms with Crippen molar-refractivity contribution in [3.8, 4) is 0 Å². The summed E-state index contributed by atoms with van der Waals surface area (Å²) < 4.78 is 12.2. The average Bonchev–Trinajstić information content (AvgIpc) is 2.89. The average molecular weight is 290 g/mol. The van der Waals surface area contributed by atoms with Crippen LogP contribution in [0.4, 0.5) is 0 Å². The first-order chi connectivity index (χ1) is 10.2. The summed E-state index contributed by atoms with van der Waals surface area (Å²) in [4.78, 5) is 4.22. The molecule has 3 rings (SSSR count). The molecule has 2 unspecified atom stereocenters. The Morgan fingerprint density at radius 1 is 1.38 bits per heavy atom. The van der Waals surface area contributed by atoms with E-state index in [1.54, 1.807) is 0 Å². The summed E-state index contributed by atoms with van der Waals surface area (Å²) in [6, 6.07) is 2.34. The number of hydrogen-bond acceptors (Lipinski definition) is 4. The zero-order valence-electron chi connectivity index (χ0n) is 13.1. The van der Waals surface area contributed by atoms with Crippen LogP contribution in [0.3, 0.4) is 0 Å². The van der Waals surface area contributed by atoms with Crippen molar-refractivity contribution in [3.05, 3.63) is 29.6 Å². The fourth-order valence-corrected chi connectivity index (χ4v) is 3.42. The van der Waals surface area contributed by atoms with Crippen molar-refractivity contribution in [1.82, 2.24) is 10.3 Å². The summed E-state index contributed by atoms with van der Waals surface area (Å²) >= 11 is 0. The van der Waals surface area contributed by atoms with Gasteiger partial charge in [0.2, 0.25) is 0 Å². The molecule has 0 amide bonds. The second-order valence-corrected chi connectivity index (χ2v) is 6.38. The Morgan fingerprint density at radius 2 is 2.19 bits per heavy atom. The summed E-state index contributed by atoms with van der Waals surface area (Å²) in [6.45, 7) is 5.85. The predicted octanol–water partition coefficient (Wildman–Crippen LogP) is 3.12. The molecule has 1 N–H and O–H groups in total. The van der Waals surface area contributed by atoms with Crippen LogP contribution in [0.5, 0.6) is 0 Å².